The molecule has 2 aliphatic rings. The predicted octanol–water partition coefficient (Wildman–Crippen LogP) is 10.3. The van der Waals surface area contributed by atoms with Crippen molar-refractivity contribution in [1.82, 2.24) is 14.5 Å². The average molecular weight is 660 g/mol. The Bertz CT molecular complexity index is 2640. The minimum absolute atomic E-state index is 0.000192. The molecule has 6 nitrogen and oxygen atoms in total. The monoisotopic (exact) mass is 659 g/mol. The number of anilines is 4. The Morgan fingerprint density at radius 1 is 0.569 bits per heavy atom. The molecule has 5 heterocycles. The van der Waals surface area contributed by atoms with Gasteiger partial charge in [-0.05, 0) is 88.7 Å². The average Bonchev–Trinajstić information content (AvgIpc) is 3.68. The molecular formula is C44H34BN5O. The van der Waals surface area contributed by atoms with E-state index in [1.54, 1.807) is 0 Å². The Morgan fingerprint density at radius 2 is 1.33 bits per heavy atom. The summed E-state index contributed by atoms with van der Waals surface area (Å²) in [6, 6.07) is 49.1. The Hall–Kier alpha value is -6.34. The van der Waals surface area contributed by atoms with Crippen molar-refractivity contribution in [2.45, 2.75) is 26.2 Å². The third kappa shape index (κ3) is 4.58. The van der Waals surface area contributed by atoms with Gasteiger partial charge in [-0.25, -0.2) is 9.97 Å². The molecule has 51 heavy (non-hydrogen) atoms. The van der Waals surface area contributed by atoms with Crippen LogP contribution in [0.25, 0.3) is 38.8 Å². The van der Waals surface area contributed by atoms with Crippen molar-refractivity contribution < 1.29 is 4.74 Å². The van der Waals surface area contributed by atoms with Gasteiger partial charge in [0.05, 0.1) is 16.7 Å². The zero-order valence-electron chi connectivity index (χ0n) is 28.7. The van der Waals surface area contributed by atoms with Gasteiger partial charge in [0.25, 0.3) is 0 Å². The van der Waals surface area contributed by atoms with Gasteiger partial charge in [0.2, 0.25) is 0 Å². The molecule has 0 spiro atoms. The van der Waals surface area contributed by atoms with Crippen LogP contribution >= 0.6 is 0 Å². The molecule has 0 aliphatic carbocycles. The van der Waals surface area contributed by atoms with E-state index in [4.69, 9.17) is 14.7 Å². The normalized spacial score (nSPS) is 13.3. The molecule has 0 amide bonds. The number of para-hydroxylation sites is 2. The molecule has 0 atom stereocenters. The summed E-state index contributed by atoms with van der Waals surface area (Å²) in [5.41, 5.74) is 10.3. The molecular weight excluding hydrogens is 625 g/mol. The fourth-order valence-corrected chi connectivity index (χ4v) is 7.89. The molecule has 7 heteroatoms. The van der Waals surface area contributed by atoms with Gasteiger partial charge in [-0.3, -0.25) is 4.57 Å². The van der Waals surface area contributed by atoms with Crippen molar-refractivity contribution in [2.75, 3.05) is 9.62 Å². The number of ether oxygens (including phenoxy) is 1. The summed E-state index contributed by atoms with van der Waals surface area (Å²) in [5.74, 6) is 3.34. The molecule has 0 bridgehead atoms. The van der Waals surface area contributed by atoms with Crippen LogP contribution in [0.15, 0.2) is 152 Å². The van der Waals surface area contributed by atoms with Crippen LogP contribution in [0.2, 0.25) is 0 Å². The summed E-state index contributed by atoms with van der Waals surface area (Å²) < 4.78 is 9.02. The van der Waals surface area contributed by atoms with E-state index in [0.717, 1.165) is 62.2 Å². The zero-order valence-corrected chi connectivity index (χ0v) is 28.7. The van der Waals surface area contributed by atoms with Crippen molar-refractivity contribution in [3.8, 4) is 28.4 Å². The third-order valence-corrected chi connectivity index (χ3v) is 10.3. The highest BCUT2D eigenvalue weighted by atomic mass is 16.5. The van der Waals surface area contributed by atoms with Crippen LogP contribution in [-0.4, -0.2) is 21.5 Å². The molecule has 0 radical (unpaired) electrons. The van der Waals surface area contributed by atoms with Crippen molar-refractivity contribution in [3.63, 3.8) is 0 Å². The minimum Gasteiger partial charge on any atom is -0.457 e. The lowest BCUT2D eigenvalue weighted by molar-refractivity contribution is 0.483. The van der Waals surface area contributed by atoms with Gasteiger partial charge in [0.1, 0.15) is 23.1 Å². The first-order valence-electron chi connectivity index (χ1n) is 17.4. The van der Waals surface area contributed by atoms with Gasteiger partial charge in [0.15, 0.2) is 0 Å². The number of benzene rings is 5. The molecule has 0 fully saturated rings. The Morgan fingerprint density at radius 3 is 2.22 bits per heavy atom. The predicted molar refractivity (Wildman–Crippen MR) is 210 cm³/mol. The van der Waals surface area contributed by atoms with Gasteiger partial charge < -0.3 is 14.4 Å². The van der Waals surface area contributed by atoms with Gasteiger partial charge in [-0.15, -0.1) is 0 Å². The van der Waals surface area contributed by atoms with Crippen molar-refractivity contribution in [1.29, 1.82) is 0 Å². The third-order valence-electron chi connectivity index (χ3n) is 10.3. The second-order valence-corrected chi connectivity index (χ2v) is 14.3. The molecule has 244 valence electrons. The van der Waals surface area contributed by atoms with E-state index >= 15 is 0 Å². The maximum absolute atomic E-state index is 6.76. The van der Waals surface area contributed by atoms with E-state index < -0.39 is 0 Å². The lowest BCUT2D eigenvalue weighted by Gasteiger charge is -2.36. The highest BCUT2D eigenvalue weighted by Crippen LogP contribution is 2.51. The standard InChI is InChI=1S/C44H34BN5O/c1-44(2,3)29-23-25-46-42(26-29)48-38-17-10-8-15-34(38)36-22-20-31(27-40(36)48)51-32-19-21-35-33-14-7-9-16-37(33)45-49(30-12-5-4-6-13-30)39-18-11-24-47-43(39)50(45)41(35)28-32/h4-28H,1-3H3. The molecule has 2 aliphatic heterocycles. The second-order valence-electron chi connectivity index (χ2n) is 14.3. The fourth-order valence-electron chi connectivity index (χ4n) is 7.89. The molecule has 0 saturated heterocycles. The Balaban J connectivity index is 1.11. The lowest BCUT2D eigenvalue weighted by atomic mass is 9.59. The number of pyridine rings is 2. The smallest absolute Gasteiger partial charge is 0.422 e. The van der Waals surface area contributed by atoms with Crippen molar-refractivity contribution in [3.05, 3.63) is 157 Å². The van der Waals surface area contributed by atoms with Gasteiger partial charge in [-0.1, -0.05) is 81.4 Å². The van der Waals surface area contributed by atoms with Crippen LogP contribution in [0.3, 0.4) is 0 Å². The second kappa shape index (κ2) is 11.1. The summed E-state index contributed by atoms with van der Waals surface area (Å²) in [6.45, 7) is 6.61. The maximum atomic E-state index is 6.76. The van der Waals surface area contributed by atoms with Gasteiger partial charge in [-0.2, -0.15) is 0 Å². The molecule has 0 saturated carbocycles. The molecule has 0 unspecified atom stereocenters. The highest BCUT2D eigenvalue weighted by molar-refractivity contribution is 6.86. The van der Waals surface area contributed by atoms with Crippen LogP contribution in [0.4, 0.5) is 22.9 Å². The Kier molecular flexibility index (Phi) is 6.43. The minimum atomic E-state index is -0.0975. The first-order valence-corrected chi connectivity index (χ1v) is 17.4. The van der Waals surface area contributed by atoms with E-state index in [1.165, 1.54) is 22.0 Å². The molecule has 0 N–H and O–H groups in total. The largest absolute Gasteiger partial charge is 0.457 e. The number of hydrogen-bond acceptors (Lipinski definition) is 5. The maximum Gasteiger partial charge on any atom is 0.422 e. The first kappa shape index (κ1) is 29.6. The number of hydrogen-bond donors (Lipinski definition) is 0. The SMILES string of the molecule is CC(C)(C)c1ccnc(-n2c3ccccc3c3ccc(Oc4ccc5c(c4)N4B(c6ccccc6-5)N(c5ccccc5)c5cccnc54)cc32)c1. The molecule has 5 aromatic carbocycles. The van der Waals surface area contributed by atoms with Crippen LogP contribution < -0.4 is 19.8 Å². The summed E-state index contributed by atoms with van der Waals surface area (Å²) in [5, 5.41) is 2.34. The van der Waals surface area contributed by atoms with E-state index in [1.807, 2.05) is 18.5 Å². The van der Waals surface area contributed by atoms with Crippen LogP contribution in [0.5, 0.6) is 11.5 Å². The van der Waals surface area contributed by atoms with E-state index in [2.05, 4.69) is 168 Å². The molecule has 8 aromatic rings. The lowest BCUT2D eigenvalue weighted by Crippen LogP contribution is -2.55. The number of aromatic nitrogens is 3. The van der Waals surface area contributed by atoms with Gasteiger partial charge in [0, 0.05) is 52.2 Å². The van der Waals surface area contributed by atoms with Crippen molar-refractivity contribution in [2.24, 2.45) is 0 Å². The quantitative estimate of drug-likeness (QED) is 0.176. The molecule has 10 rings (SSSR count). The van der Waals surface area contributed by atoms with E-state index in [9.17, 15) is 0 Å². The summed E-state index contributed by atoms with van der Waals surface area (Å²) in [7, 11) is 0. The summed E-state index contributed by atoms with van der Waals surface area (Å²) in [6.07, 6.45) is 3.80. The Labute approximate surface area is 297 Å². The fraction of sp³-hybridized carbons (Fsp3) is 0.0909. The first-order chi connectivity index (χ1) is 24.9. The van der Waals surface area contributed by atoms with Crippen LogP contribution in [-0.2, 0) is 5.41 Å². The van der Waals surface area contributed by atoms with Crippen LogP contribution in [0, 0.1) is 0 Å². The molecule has 3 aromatic heterocycles. The van der Waals surface area contributed by atoms with E-state index in [-0.39, 0.29) is 12.4 Å². The highest BCUT2D eigenvalue weighted by Gasteiger charge is 2.48. The summed E-state index contributed by atoms with van der Waals surface area (Å²) in [4.78, 5) is 14.6. The van der Waals surface area contributed by atoms with E-state index in [0.29, 0.717) is 0 Å². The summed E-state index contributed by atoms with van der Waals surface area (Å²) >= 11 is 0. The zero-order chi connectivity index (χ0) is 34.3. The topological polar surface area (TPSA) is 46.4 Å². The number of nitrogens with zero attached hydrogens (tertiary/aromatic N) is 5. The van der Waals surface area contributed by atoms with Crippen molar-refractivity contribution >= 4 is 57.1 Å². The van der Waals surface area contributed by atoms with Gasteiger partial charge >= 0.3 is 6.98 Å². The number of rotatable bonds is 4. The van der Waals surface area contributed by atoms with Crippen LogP contribution in [0.1, 0.15) is 26.3 Å². The number of fused-ring (bicyclic) bond motifs is 11.